The van der Waals surface area contributed by atoms with Gasteiger partial charge in [-0.05, 0) is 49.3 Å². The number of carboxylic acids is 1. The molecule has 0 amide bonds. The van der Waals surface area contributed by atoms with Gasteiger partial charge in [-0.15, -0.1) is 0 Å². The van der Waals surface area contributed by atoms with Crippen molar-refractivity contribution in [2.75, 3.05) is 7.11 Å². The van der Waals surface area contributed by atoms with Gasteiger partial charge in [-0.3, -0.25) is 4.79 Å². The van der Waals surface area contributed by atoms with Crippen molar-refractivity contribution < 1.29 is 19.0 Å². The third kappa shape index (κ3) is 2.63. The molecule has 1 unspecified atom stereocenters. The molecule has 1 aromatic carbocycles. The Morgan fingerprint density at radius 1 is 1.56 bits per heavy atom. The number of aliphatic carboxylic acids is 1. The monoisotopic (exact) mass is 252 g/mol. The van der Waals surface area contributed by atoms with Crippen LogP contribution in [0.1, 0.15) is 36.3 Å². The van der Waals surface area contributed by atoms with Crippen molar-refractivity contribution in [3.8, 4) is 5.75 Å². The zero-order chi connectivity index (χ0) is 13.3. The molecule has 1 aliphatic rings. The second-order valence-electron chi connectivity index (χ2n) is 4.87. The topological polar surface area (TPSA) is 46.5 Å². The summed E-state index contributed by atoms with van der Waals surface area (Å²) in [5.41, 5.74) is 1.20. The van der Waals surface area contributed by atoms with Crippen molar-refractivity contribution in [3.05, 3.63) is 29.1 Å². The Morgan fingerprint density at radius 3 is 2.72 bits per heavy atom. The molecule has 1 saturated carbocycles. The van der Waals surface area contributed by atoms with Crippen molar-refractivity contribution in [2.45, 2.75) is 32.1 Å². The van der Waals surface area contributed by atoms with Crippen molar-refractivity contribution in [2.24, 2.45) is 5.92 Å². The van der Waals surface area contributed by atoms with Gasteiger partial charge in [0.1, 0.15) is 11.6 Å². The number of carboxylic acid groups (broad SMARTS) is 1. The van der Waals surface area contributed by atoms with E-state index in [1.165, 1.54) is 13.2 Å². The SMILES string of the molecule is COc1cc(C(CC(=O)O)C2CC2)cc(F)c1C. The lowest BCUT2D eigenvalue weighted by molar-refractivity contribution is -0.137. The average molecular weight is 252 g/mol. The van der Waals surface area contributed by atoms with Crippen molar-refractivity contribution in [3.63, 3.8) is 0 Å². The summed E-state index contributed by atoms with van der Waals surface area (Å²) in [4.78, 5) is 10.9. The molecule has 1 atom stereocenters. The Balaban J connectivity index is 2.35. The Bertz CT molecular complexity index is 466. The minimum atomic E-state index is -0.841. The van der Waals surface area contributed by atoms with Gasteiger partial charge in [-0.1, -0.05) is 0 Å². The van der Waals surface area contributed by atoms with Crippen LogP contribution in [-0.2, 0) is 4.79 Å². The molecule has 0 aromatic heterocycles. The lowest BCUT2D eigenvalue weighted by atomic mass is 9.90. The molecule has 4 heteroatoms. The van der Waals surface area contributed by atoms with Crippen LogP contribution in [0.4, 0.5) is 4.39 Å². The fourth-order valence-electron chi connectivity index (χ4n) is 2.34. The van der Waals surface area contributed by atoms with Crippen LogP contribution < -0.4 is 4.74 Å². The zero-order valence-electron chi connectivity index (χ0n) is 10.6. The largest absolute Gasteiger partial charge is 0.496 e. The summed E-state index contributed by atoms with van der Waals surface area (Å²) >= 11 is 0. The summed E-state index contributed by atoms with van der Waals surface area (Å²) in [5.74, 6) is -0.423. The Morgan fingerprint density at radius 2 is 2.22 bits per heavy atom. The molecule has 0 saturated heterocycles. The van der Waals surface area contributed by atoms with Gasteiger partial charge in [0.05, 0.1) is 13.5 Å². The maximum atomic E-state index is 13.8. The first-order valence-electron chi connectivity index (χ1n) is 6.08. The molecule has 2 rings (SSSR count). The third-order valence-electron chi connectivity index (χ3n) is 3.55. The first-order chi connectivity index (χ1) is 8.52. The number of rotatable bonds is 5. The van der Waals surface area contributed by atoms with Gasteiger partial charge in [0.15, 0.2) is 0 Å². The number of benzene rings is 1. The molecule has 0 radical (unpaired) electrons. The molecule has 18 heavy (non-hydrogen) atoms. The standard InChI is InChI=1S/C14H17FO3/c1-8-12(15)5-10(6-13(8)18-2)11(7-14(16)17)9-3-4-9/h5-6,9,11H,3-4,7H2,1-2H3,(H,16,17). The van der Waals surface area contributed by atoms with Crippen molar-refractivity contribution >= 4 is 5.97 Å². The van der Waals surface area contributed by atoms with Gasteiger partial charge in [-0.25, -0.2) is 4.39 Å². The first kappa shape index (κ1) is 12.9. The predicted molar refractivity (Wildman–Crippen MR) is 65.4 cm³/mol. The Hall–Kier alpha value is -1.58. The predicted octanol–water partition coefficient (Wildman–Crippen LogP) is 3.11. The van der Waals surface area contributed by atoms with E-state index in [4.69, 9.17) is 9.84 Å². The molecule has 1 aromatic rings. The van der Waals surface area contributed by atoms with Crippen LogP contribution in [0.2, 0.25) is 0 Å². The summed E-state index contributed by atoms with van der Waals surface area (Å²) in [6.45, 7) is 1.65. The van der Waals surface area contributed by atoms with E-state index >= 15 is 0 Å². The van der Waals surface area contributed by atoms with Crippen molar-refractivity contribution in [1.82, 2.24) is 0 Å². The molecule has 0 bridgehead atoms. The van der Waals surface area contributed by atoms with Gasteiger partial charge in [0.2, 0.25) is 0 Å². The first-order valence-corrected chi connectivity index (χ1v) is 6.08. The quantitative estimate of drug-likeness (QED) is 0.875. The summed E-state index contributed by atoms with van der Waals surface area (Å²) in [6.07, 6.45) is 2.10. The van der Waals surface area contributed by atoms with Gasteiger partial charge in [-0.2, -0.15) is 0 Å². The molecule has 0 heterocycles. The number of carbonyl (C=O) groups is 1. The van der Waals surface area contributed by atoms with E-state index < -0.39 is 5.97 Å². The number of hydrogen-bond acceptors (Lipinski definition) is 2. The number of ether oxygens (including phenoxy) is 1. The highest BCUT2D eigenvalue weighted by Crippen LogP contribution is 2.45. The van der Waals surface area contributed by atoms with E-state index in [0.29, 0.717) is 17.2 Å². The molecule has 3 nitrogen and oxygen atoms in total. The molecular weight excluding hydrogens is 235 g/mol. The van der Waals surface area contributed by atoms with E-state index in [-0.39, 0.29) is 18.2 Å². The highest BCUT2D eigenvalue weighted by atomic mass is 19.1. The molecule has 0 aliphatic heterocycles. The normalized spacial score (nSPS) is 16.4. The van der Waals surface area contributed by atoms with Gasteiger partial charge >= 0.3 is 5.97 Å². The lowest BCUT2D eigenvalue weighted by Gasteiger charge is -2.17. The molecule has 0 spiro atoms. The Labute approximate surface area is 106 Å². The van der Waals surface area contributed by atoms with Crippen LogP contribution in [0, 0.1) is 18.7 Å². The summed E-state index contributed by atoms with van der Waals surface area (Å²) < 4.78 is 18.9. The van der Waals surface area contributed by atoms with E-state index in [1.54, 1.807) is 13.0 Å². The highest BCUT2D eigenvalue weighted by molar-refractivity contribution is 5.68. The van der Waals surface area contributed by atoms with E-state index in [2.05, 4.69) is 0 Å². The van der Waals surface area contributed by atoms with Gasteiger partial charge < -0.3 is 9.84 Å². The smallest absolute Gasteiger partial charge is 0.303 e. The van der Waals surface area contributed by atoms with Crippen molar-refractivity contribution in [1.29, 1.82) is 0 Å². The summed E-state index contributed by atoms with van der Waals surface area (Å²) in [6, 6.07) is 3.22. The maximum absolute atomic E-state index is 13.8. The molecule has 1 aliphatic carbocycles. The molecule has 1 N–H and O–H groups in total. The number of hydrogen-bond donors (Lipinski definition) is 1. The molecule has 98 valence electrons. The summed E-state index contributed by atoms with van der Waals surface area (Å²) in [5, 5.41) is 8.95. The van der Waals surface area contributed by atoms with Crippen LogP contribution in [0.15, 0.2) is 12.1 Å². The number of halogens is 1. The van der Waals surface area contributed by atoms with Crippen LogP contribution in [0.3, 0.4) is 0 Å². The van der Waals surface area contributed by atoms with Crippen LogP contribution in [0.25, 0.3) is 0 Å². The number of methoxy groups -OCH3 is 1. The second-order valence-corrected chi connectivity index (χ2v) is 4.87. The maximum Gasteiger partial charge on any atom is 0.303 e. The zero-order valence-corrected chi connectivity index (χ0v) is 10.6. The van der Waals surface area contributed by atoms with E-state index in [1.807, 2.05) is 0 Å². The lowest BCUT2D eigenvalue weighted by Crippen LogP contribution is -2.09. The van der Waals surface area contributed by atoms with E-state index in [9.17, 15) is 9.18 Å². The minimum absolute atomic E-state index is 0.0519. The highest BCUT2D eigenvalue weighted by Gasteiger charge is 2.34. The van der Waals surface area contributed by atoms with Gasteiger partial charge in [0, 0.05) is 5.56 Å². The minimum Gasteiger partial charge on any atom is -0.496 e. The fraction of sp³-hybridized carbons (Fsp3) is 0.500. The van der Waals surface area contributed by atoms with Crippen LogP contribution in [0.5, 0.6) is 5.75 Å². The average Bonchev–Trinajstić information content (AvgIpc) is 3.13. The fourth-order valence-corrected chi connectivity index (χ4v) is 2.34. The van der Waals surface area contributed by atoms with Crippen LogP contribution >= 0.6 is 0 Å². The Kier molecular flexibility index (Phi) is 3.55. The van der Waals surface area contributed by atoms with E-state index in [0.717, 1.165) is 18.4 Å². The van der Waals surface area contributed by atoms with Gasteiger partial charge in [0.25, 0.3) is 0 Å². The van der Waals surface area contributed by atoms with Crippen LogP contribution in [-0.4, -0.2) is 18.2 Å². The third-order valence-corrected chi connectivity index (χ3v) is 3.55. The second kappa shape index (κ2) is 4.96. The molecule has 1 fully saturated rings. The molecular formula is C14H17FO3. The summed E-state index contributed by atoms with van der Waals surface area (Å²) in [7, 11) is 1.49.